The van der Waals surface area contributed by atoms with Crippen LogP contribution < -0.4 is 5.32 Å². The number of nitrogens with one attached hydrogen (secondary N) is 1. The Morgan fingerprint density at radius 1 is 1.08 bits per heavy atom. The second-order valence-electron chi connectivity index (χ2n) is 5.93. The maximum absolute atomic E-state index is 13.2. The largest absolute Gasteiger partial charge is 0.460 e. The van der Waals surface area contributed by atoms with Gasteiger partial charge in [0.25, 0.3) is 0 Å². The average Bonchev–Trinajstić information content (AvgIpc) is 2.60. The SMILES string of the molecule is Cc1ccc(CCC(=O)NCCOC(=O)c2cc(F)ccc2C)cc1. The summed E-state index contributed by atoms with van der Waals surface area (Å²) in [5, 5.41) is 2.71. The highest BCUT2D eigenvalue weighted by Crippen LogP contribution is 2.11. The fourth-order valence-electron chi connectivity index (χ4n) is 2.33. The molecule has 25 heavy (non-hydrogen) atoms. The van der Waals surface area contributed by atoms with Crippen LogP contribution in [-0.4, -0.2) is 25.0 Å². The van der Waals surface area contributed by atoms with Crippen LogP contribution in [0.3, 0.4) is 0 Å². The molecule has 0 saturated heterocycles. The van der Waals surface area contributed by atoms with Gasteiger partial charge in [-0.3, -0.25) is 4.79 Å². The van der Waals surface area contributed by atoms with E-state index in [1.807, 2.05) is 31.2 Å². The molecule has 0 aliphatic rings. The third kappa shape index (κ3) is 6.03. The highest BCUT2D eigenvalue weighted by molar-refractivity contribution is 5.91. The first-order chi connectivity index (χ1) is 12.0. The van der Waals surface area contributed by atoms with Gasteiger partial charge in [-0.05, 0) is 43.5 Å². The minimum absolute atomic E-state index is 0.0467. The number of hydrogen-bond donors (Lipinski definition) is 1. The van der Waals surface area contributed by atoms with Crippen LogP contribution in [-0.2, 0) is 16.0 Å². The average molecular weight is 343 g/mol. The van der Waals surface area contributed by atoms with Crippen molar-refractivity contribution in [1.29, 1.82) is 0 Å². The molecule has 4 nitrogen and oxygen atoms in total. The van der Waals surface area contributed by atoms with Gasteiger partial charge in [0.15, 0.2) is 0 Å². The molecular weight excluding hydrogens is 321 g/mol. The zero-order valence-electron chi connectivity index (χ0n) is 14.5. The minimum Gasteiger partial charge on any atom is -0.460 e. The highest BCUT2D eigenvalue weighted by atomic mass is 19.1. The molecule has 2 rings (SSSR count). The smallest absolute Gasteiger partial charge is 0.338 e. The van der Waals surface area contributed by atoms with E-state index in [1.54, 1.807) is 6.92 Å². The molecule has 2 aromatic carbocycles. The summed E-state index contributed by atoms with van der Waals surface area (Å²) in [6.45, 7) is 4.00. The van der Waals surface area contributed by atoms with Gasteiger partial charge in [-0.25, -0.2) is 9.18 Å². The maximum atomic E-state index is 13.2. The number of amides is 1. The molecular formula is C20H22FNO3. The van der Waals surface area contributed by atoms with Gasteiger partial charge >= 0.3 is 5.97 Å². The predicted molar refractivity (Wildman–Crippen MR) is 93.9 cm³/mol. The van der Waals surface area contributed by atoms with Gasteiger partial charge in [-0.1, -0.05) is 35.9 Å². The minimum atomic E-state index is -0.592. The van der Waals surface area contributed by atoms with Crippen molar-refractivity contribution in [2.45, 2.75) is 26.7 Å². The van der Waals surface area contributed by atoms with E-state index in [0.29, 0.717) is 18.4 Å². The molecule has 0 fully saturated rings. The van der Waals surface area contributed by atoms with Crippen molar-refractivity contribution in [2.75, 3.05) is 13.2 Å². The fraction of sp³-hybridized carbons (Fsp3) is 0.300. The van der Waals surface area contributed by atoms with Crippen LogP contribution in [0.1, 0.15) is 33.5 Å². The molecule has 0 bridgehead atoms. The van der Waals surface area contributed by atoms with Crippen LogP contribution in [0.2, 0.25) is 0 Å². The topological polar surface area (TPSA) is 55.4 Å². The number of aryl methyl sites for hydroxylation is 3. The van der Waals surface area contributed by atoms with E-state index >= 15 is 0 Å². The maximum Gasteiger partial charge on any atom is 0.338 e. The van der Waals surface area contributed by atoms with Crippen LogP contribution in [0, 0.1) is 19.7 Å². The van der Waals surface area contributed by atoms with Crippen LogP contribution in [0.25, 0.3) is 0 Å². The summed E-state index contributed by atoms with van der Waals surface area (Å²) in [5.74, 6) is -1.17. The lowest BCUT2D eigenvalue weighted by Gasteiger charge is -2.08. The molecule has 2 aromatic rings. The van der Waals surface area contributed by atoms with Crippen molar-refractivity contribution < 1.29 is 18.7 Å². The number of esters is 1. The summed E-state index contributed by atoms with van der Waals surface area (Å²) in [5.41, 5.74) is 3.14. The van der Waals surface area contributed by atoms with E-state index in [-0.39, 0.29) is 24.6 Å². The number of carbonyl (C=O) groups excluding carboxylic acids is 2. The monoisotopic (exact) mass is 343 g/mol. The van der Waals surface area contributed by atoms with Gasteiger partial charge in [-0.2, -0.15) is 0 Å². The zero-order valence-corrected chi connectivity index (χ0v) is 14.5. The summed E-state index contributed by atoms with van der Waals surface area (Å²) in [6.07, 6.45) is 1.04. The Balaban J connectivity index is 1.68. The third-order valence-electron chi connectivity index (χ3n) is 3.84. The van der Waals surface area contributed by atoms with Crippen LogP contribution in [0.5, 0.6) is 0 Å². The molecule has 1 N–H and O–H groups in total. The molecule has 0 saturated carbocycles. The molecule has 132 valence electrons. The van der Waals surface area contributed by atoms with Gasteiger partial charge in [0, 0.05) is 6.42 Å². The quantitative estimate of drug-likeness (QED) is 0.620. The van der Waals surface area contributed by atoms with Crippen molar-refractivity contribution in [1.82, 2.24) is 5.32 Å². The van der Waals surface area contributed by atoms with E-state index in [9.17, 15) is 14.0 Å². The van der Waals surface area contributed by atoms with Gasteiger partial charge in [-0.15, -0.1) is 0 Å². The van der Waals surface area contributed by atoms with Gasteiger partial charge in [0.1, 0.15) is 12.4 Å². The molecule has 0 aliphatic heterocycles. The lowest BCUT2D eigenvalue weighted by molar-refractivity contribution is -0.121. The fourth-order valence-corrected chi connectivity index (χ4v) is 2.33. The lowest BCUT2D eigenvalue weighted by atomic mass is 10.1. The molecule has 0 aliphatic carbocycles. The second kappa shape index (κ2) is 8.97. The molecule has 1 amide bonds. The number of halogens is 1. The molecule has 5 heteroatoms. The van der Waals surface area contributed by atoms with E-state index in [1.165, 1.54) is 17.7 Å². The van der Waals surface area contributed by atoms with Crippen molar-refractivity contribution in [3.63, 3.8) is 0 Å². The number of ether oxygens (including phenoxy) is 1. The first-order valence-electron chi connectivity index (χ1n) is 8.21. The Morgan fingerprint density at radius 2 is 1.80 bits per heavy atom. The van der Waals surface area contributed by atoms with Crippen LogP contribution in [0.15, 0.2) is 42.5 Å². The molecule has 0 aromatic heterocycles. The summed E-state index contributed by atoms with van der Waals surface area (Å²) in [7, 11) is 0. The predicted octanol–water partition coefficient (Wildman–Crippen LogP) is 3.35. The molecule has 0 unspecified atom stereocenters. The third-order valence-corrected chi connectivity index (χ3v) is 3.84. The second-order valence-corrected chi connectivity index (χ2v) is 5.93. The van der Waals surface area contributed by atoms with Crippen molar-refractivity contribution in [3.05, 3.63) is 70.5 Å². The van der Waals surface area contributed by atoms with Crippen LogP contribution >= 0.6 is 0 Å². The normalized spacial score (nSPS) is 10.4. The van der Waals surface area contributed by atoms with Gasteiger partial charge < -0.3 is 10.1 Å². The Labute approximate surface area is 147 Å². The number of rotatable bonds is 7. The molecule has 0 heterocycles. The Kier molecular flexibility index (Phi) is 6.69. The zero-order chi connectivity index (χ0) is 18.2. The standard InChI is InChI=1S/C20H22FNO3/c1-14-3-6-16(7-4-14)8-10-19(23)22-11-12-25-20(24)18-13-17(21)9-5-15(18)2/h3-7,9,13H,8,10-12H2,1-2H3,(H,22,23). The van der Waals surface area contributed by atoms with E-state index < -0.39 is 11.8 Å². The molecule has 0 spiro atoms. The van der Waals surface area contributed by atoms with Crippen molar-refractivity contribution >= 4 is 11.9 Å². The number of hydrogen-bond acceptors (Lipinski definition) is 3. The summed E-state index contributed by atoms with van der Waals surface area (Å²) >= 11 is 0. The molecule has 0 atom stereocenters. The van der Waals surface area contributed by atoms with Gasteiger partial charge in [0.2, 0.25) is 5.91 Å². The summed E-state index contributed by atoms with van der Waals surface area (Å²) < 4.78 is 18.3. The first-order valence-corrected chi connectivity index (χ1v) is 8.21. The van der Waals surface area contributed by atoms with Gasteiger partial charge in [0.05, 0.1) is 12.1 Å². The Morgan fingerprint density at radius 3 is 2.52 bits per heavy atom. The van der Waals surface area contributed by atoms with Crippen molar-refractivity contribution in [3.8, 4) is 0 Å². The molecule has 0 radical (unpaired) electrons. The summed E-state index contributed by atoms with van der Waals surface area (Å²) in [4.78, 5) is 23.7. The van der Waals surface area contributed by atoms with Crippen molar-refractivity contribution in [2.24, 2.45) is 0 Å². The highest BCUT2D eigenvalue weighted by Gasteiger charge is 2.11. The number of carbonyl (C=O) groups is 2. The van der Waals surface area contributed by atoms with E-state index in [0.717, 1.165) is 11.6 Å². The van der Waals surface area contributed by atoms with Crippen LogP contribution in [0.4, 0.5) is 4.39 Å². The number of benzene rings is 2. The summed E-state index contributed by atoms with van der Waals surface area (Å²) in [6, 6.07) is 12.0. The first kappa shape index (κ1) is 18.6. The van der Waals surface area contributed by atoms with E-state index in [4.69, 9.17) is 4.74 Å². The van der Waals surface area contributed by atoms with E-state index in [2.05, 4.69) is 5.32 Å². The lowest BCUT2D eigenvalue weighted by Crippen LogP contribution is -2.28. The Bertz CT molecular complexity index is 741. The Hall–Kier alpha value is -2.69.